The fourth-order valence-electron chi connectivity index (χ4n) is 1.80. The molecule has 2 rings (SSSR count). The minimum Gasteiger partial charge on any atom is -0.381 e. The van der Waals surface area contributed by atoms with Crippen molar-refractivity contribution >= 4 is 15.9 Å². The van der Waals surface area contributed by atoms with Crippen LogP contribution in [0.2, 0.25) is 0 Å². The minimum absolute atomic E-state index is 0.172. The van der Waals surface area contributed by atoms with E-state index in [1.165, 1.54) is 30.5 Å². The van der Waals surface area contributed by atoms with E-state index in [1.54, 1.807) is 0 Å². The maximum Gasteiger partial charge on any atom is 0.123 e. The van der Waals surface area contributed by atoms with Crippen molar-refractivity contribution in [2.45, 2.75) is 19.3 Å². The molecule has 1 nitrogen and oxygen atoms in total. The van der Waals surface area contributed by atoms with Crippen LogP contribution in [0.25, 0.3) is 0 Å². The summed E-state index contributed by atoms with van der Waals surface area (Å²) in [6.45, 7) is 1.70. The third kappa shape index (κ3) is 4.76. The molecule has 0 heterocycles. The van der Waals surface area contributed by atoms with E-state index in [9.17, 15) is 4.39 Å². The number of hydrogen-bond acceptors (Lipinski definition) is 1. The Morgan fingerprint density at radius 1 is 1.29 bits per heavy atom. The van der Waals surface area contributed by atoms with Gasteiger partial charge in [-0.15, -0.1) is 0 Å². The fraction of sp³-hybridized carbons (Fsp3) is 0.571. The Labute approximate surface area is 110 Å². The number of rotatable bonds is 7. The highest BCUT2D eigenvalue weighted by Gasteiger charge is 2.21. The molecule has 0 spiro atoms. The van der Waals surface area contributed by atoms with Crippen molar-refractivity contribution in [2.75, 3.05) is 18.5 Å². The van der Waals surface area contributed by atoms with Gasteiger partial charge in [0.15, 0.2) is 0 Å². The van der Waals surface area contributed by atoms with Crippen LogP contribution in [-0.2, 0) is 11.2 Å². The third-order valence-electron chi connectivity index (χ3n) is 3.06. The highest BCUT2D eigenvalue weighted by molar-refractivity contribution is 9.09. The lowest BCUT2D eigenvalue weighted by atomic mass is 10.0. The molecule has 0 N–H and O–H groups in total. The number of halogens is 2. The van der Waals surface area contributed by atoms with Crippen molar-refractivity contribution in [2.24, 2.45) is 11.8 Å². The zero-order chi connectivity index (χ0) is 12.1. The average Bonchev–Trinajstić information content (AvgIpc) is 3.14. The van der Waals surface area contributed by atoms with E-state index in [2.05, 4.69) is 15.9 Å². The van der Waals surface area contributed by atoms with Crippen molar-refractivity contribution in [3.05, 3.63) is 35.6 Å². The van der Waals surface area contributed by atoms with Crippen molar-refractivity contribution in [3.8, 4) is 0 Å². The van der Waals surface area contributed by atoms with Crippen LogP contribution in [0.1, 0.15) is 18.4 Å². The molecule has 1 aromatic rings. The van der Waals surface area contributed by atoms with Gasteiger partial charge >= 0.3 is 0 Å². The molecular formula is C14H18BrFO. The van der Waals surface area contributed by atoms with E-state index in [1.807, 2.05) is 12.1 Å². The molecule has 0 aromatic heterocycles. The van der Waals surface area contributed by atoms with Gasteiger partial charge in [0.1, 0.15) is 5.82 Å². The number of alkyl halides is 1. The van der Waals surface area contributed by atoms with Crippen LogP contribution in [0.15, 0.2) is 24.3 Å². The van der Waals surface area contributed by atoms with Gasteiger partial charge in [0, 0.05) is 11.9 Å². The molecule has 1 atom stereocenters. The lowest BCUT2D eigenvalue weighted by molar-refractivity contribution is 0.0979. The highest BCUT2D eigenvalue weighted by atomic mass is 79.9. The number of hydrogen-bond donors (Lipinski definition) is 0. The van der Waals surface area contributed by atoms with Crippen LogP contribution in [0.3, 0.4) is 0 Å². The first-order chi connectivity index (χ1) is 8.28. The maximum atomic E-state index is 12.8. The van der Waals surface area contributed by atoms with E-state index < -0.39 is 0 Å². The van der Waals surface area contributed by atoms with E-state index in [-0.39, 0.29) is 5.82 Å². The van der Waals surface area contributed by atoms with Gasteiger partial charge < -0.3 is 4.74 Å². The summed E-state index contributed by atoms with van der Waals surface area (Å²) in [6.07, 6.45) is 3.60. The fourth-order valence-corrected chi connectivity index (χ4v) is 2.21. The molecule has 17 heavy (non-hydrogen) atoms. The Kier molecular flexibility index (Phi) is 4.99. The summed E-state index contributed by atoms with van der Waals surface area (Å²) in [5, 5.41) is 0.926. The summed E-state index contributed by atoms with van der Waals surface area (Å²) in [4.78, 5) is 0. The first-order valence-electron chi connectivity index (χ1n) is 6.16. The van der Waals surface area contributed by atoms with Gasteiger partial charge in [-0.1, -0.05) is 28.1 Å². The molecule has 3 heteroatoms. The third-order valence-corrected chi connectivity index (χ3v) is 3.98. The lowest BCUT2D eigenvalue weighted by Gasteiger charge is -2.14. The smallest absolute Gasteiger partial charge is 0.123 e. The predicted octanol–water partition coefficient (Wildman–Crippen LogP) is 3.81. The molecule has 1 unspecified atom stereocenters. The van der Waals surface area contributed by atoms with Crippen molar-refractivity contribution < 1.29 is 9.13 Å². The lowest BCUT2D eigenvalue weighted by Crippen LogP contribution is -2.15. The largest absolute Gasteiger partial charge is 0.381 e. The monoisotopic (exact) mass is 300 g/mol. The van der Waals surface area contributed by atoms with E-state index in [0.717, 1.165) is 30.9 Å². The minimum atomic E-state index is -0.172. The Morgan fingerprint density at radius 3 is 2.59 bits per heavy atom. The van der Waals surface area contributed by atoms with Gasteiger partial charge in [-0.05, 0) is 48.8 Å². The second-order valence-corrected chi connectivity index (χ2v) is 5.48. The Morgan fingerprint density at radius 2 is 2.00 bits per heavy atom. The Balaban J connectivity index is 1.74. The summed E-state index contributed by atoms with van der Waals surface area (Å²) in [5.74, 6) is 1.12. The van der Waals surface area contributed by atoms with E-state index >= 15 is 0 Å². The number of benzene rings is 1. The van der Waals surface area contributed by atoms with Crippen molar-refractivity contribution in [3.63, 3.8) is 0 Å². The predicted molar refractivity (Wildman–Crippen MR) is 70.9 cm³/mol. The molecule has 1 fully saturated rings. The second-order valence-electron chi connectivity index (χ2n) is 4.83. The quantitative estimate of drug-likeness (QED) is 0.696. The molecule has 1 saturated carbocycles. The van der Waals surface area contributed by atoms with E-state index in [4.69, 9.17) is 4.74 Å². The second kappa shape index (κ2) is 6.50. The Hall–Kier alpha value is -0.410. The van der Waals surface area contributed by atoms with Gasteiger partial charge in [0.2, 0.25) is 0 Å². The molecule has 0 bridgehead atoms. The topological polar surface area (TPSA) is 9.23 Å². The van der Waals surface area contributed by atoms with Crippen molar-refractivity contribution in [1.82, 2.24) is 0 Å². The van der Waals surface area contributed by atoms with Crippen LogP contribution in [0.5, 0.6) is 0 Å². The van der Waals surface area contributed by atoms with Crippen molar-refractivity contribution in [1.29, 1.82) is 0 Å². The van der Waals surface area contributed by atoms with Gasteiger partial charge in [0.05, 0.1) is 6.61 Å². The first-order valence-corrected chi connectivity index (χ1v) is 7.28. The SMILES string of the molecule is Fc1ccc(CC(CBr)COCC2CC2)cc1. The van der Waals surface area contributed by atoms with Gasteiger partial charge in [-0.3, -0.25) is 0 Å². The molecule has 1 aliphatic rings. The first kappa shape index (κ1) is 13.0. The molecule has 0 aliphatic heterocycles. The Bertz CT molecular complexity index is 335. The molecule has 94 valence electrons. The van der Waals surface area contributed by atoms with Crippen LogP contribution in [-0.4, -0.2) is 18.5 Å². The van der Waals surface area contributed by atoms with Crippen LogP contribution in [0, 0.1) is 17.7 Å². The average molecular weight is 301 g/mol. The van der Waals surface area contributed by atoms with Crippen LogP contribution in [0.4, 0.5) is 4.39 Å². The number of ether oxygens (including phenoxy) is 1. The van der Waals surface area contributed by atoms with E-state index in [0.29, 0.717) is 5.92 Å². The van der Waals surface area contributed by atoms with Crippen LogP contribution < -0.4 is 0 Å². The molecule has 0 amide bonds. The zero-order valence-electron chi connectivity index (χ0n) is 9.87. The molecule has 1 aliphatic carbocycles. The molecule has 1 aromatic carbocycles. The summed E-state index contributed by atoms with van der Waals surface area (Å²) < 4.78 is 18.5. The molecule has 0 radical (unpaired) electrons. The zero-order valence-corrected chi connectivity index (χ0v) is 11.5. The summed E-state index contributed by atoms with van der Waals surface area (Å²) in [5.41, 5.74) is 1.17. The highest BCUT2D eigenvalue weighted by Crippen LogP contribution is 2.29. The van der Waals surface area contributed by atoms with Gasteiger partial charge in [-0.2, -0.15) is 0 Å². The normalized spacial score (nSPS) is 17.1. The van der Waals surface area contributed by atoms with Crippen LogP contribution >= 0.6 is 15.9 Å². The summed E-state index contributed by atoms with van der Waals surface area (Å²) >= 11 is 3.52. The maximum absolute atomic E-state index is 12.8. The molecule has 0 saturated heterocycles. The summed E-state index contributed by atoms with van der Waals surface area (Å²) in [6, 6.07) is 6.75. The summed E-state index contributed by atoms with van der Waals surface area (Å²) in [7, 11) is 0. The van der Waals surface area contributed by atoms with Gasteiger partial charge in [0.25, 0.3) is 0 Å². The molecular weight excluding hydrogens is 283 g/mol. The van der Waals surface area contributed by atoms with Gasteiger partial charge in [-0.25, -0.2) is 4.39 Å². The standard InChI is InChI=1S/C14H18BrFO/c15-8-13(10-17-9-12-1-2-12)7-11-3-5-14(16)6-4-11/h3-6,12-13H,1-2,7-10H2.